The molecule has 2 amide bonds. The van der Waals surface area contributed by atoms with E-state index >= 15 is 0 Å². The first kappa shape index (κ1) is 16.8. The van der Waals surface area contributed by atoms with E-state index in [9.17, 15) is 9.59 Å². The SMILES string of the molecule is CCCNC(=O)CN(C)C(=O)COc1ccccc1OC. The van der Waals surface area contributed by atoms with Crippen LogP contribution in [0.4, 0.5) is 0 Å². The average molecular weight is 294 g/mol. The van der Waals surface area contributed by atoms with Crippen LogP contribution in [-0.4, -0.2) is 50.6 Å². The Morgan fingerprint density at radius 3 is 2.52 bits per heavy atom. The number of amides is 2. The van der Waals surface area contributed by atoms with Crippen molar-refractivity contribution in [3.05, 3.63) is 24.3 Å². The van der Waals surface area contributed by atoms with Crippen molar-refractivity contribution < 1.29 is 19.1 Å². The Balaban J connectivity index is 2.44. The van der Waals surface area contributed by atoms with Gasteiger partial charge in [-0.2, -0.15) is 0 Å². The smallest absolute Gasteiger partial charge is 0.260 e. The van der Waals surface area contributed by atoms with Gasteiger partial charge in [-0.05, 0) is 18.6 Å². The zero-order chi connectivity index (χ0) is 15.7. The molecule has 1 N–H and O–H groups in total. The van der Waals surface area contributed by atoms with Crippen molar-refractivity contribution in [2.45, 2.75) is 13.3 Å². The van der Waals surface area contributed by atoms with Crippen LogP contribution >= 0.6 is 0 Å². The number of carbonyl (C=O) groups is 2. The molecule has 0 aliphatic carbocycles. The van der Waals surface area contributed by atoms with Crippen molar-refractivity contribution in [3.63, 3.8) is 0 Å². The molecule has 0 aliphatic heterocycles. The summed E-state index contributed by atoms with van der Waals surface area (Å²) in [5, 5.41) is 2.72. The topological polar surface area (TPSA) is 67.9 Å². The molecule has 6 nitrogen and oxygen atoms in total. The quantitative estimate of drug-likeness (QED) is 0.778. The number of hydrogen-bond acceptors (Lipinski definition) is 4. The maximum Gasteiger partial charge on any atom is 0.260 e. The molecule has 1 aromatic carbocycles. The van der Waals surface area contributed by atoms with E-state index in [2.05, 4.69) is 5.32 Å². The summed E-state index contributed by atoms with van der Waals surface area (Å²) in [7, 11) is 3.10. The second kappa shape index (κ2) is 8.84. The van der Waals surface area contributed by atoms with Gasteiger partial charge in [0.25, 0.3) is 5.91 Å². The van der Waals surface area contributed by atoms with Crippen molar-refractivity contribution in [1.82, 2.24) is 10.2 Å². The molecule has 0 radical (unpaired) electrons. The predicted molar refractivity (Wildman–Crippen MR) is 79.4 cm³/mol. The minimum Gasteiger partial charge on any atom is -0.493 e. The zero-order valence-electron chi connectivity index (χ0n) is 12.7. The van der Waals surface area contributed by atoms with Crippen molar-refractivity contribution in [1.29, 1.82) is 0 Å². The maximum atomic E-state index is 11.9. The van der Waals surface area contributed by atoms with Gasteiger partial charge in [0, 0.05) is 13.6 Å². The number of nitrogens with one attached hydrogen (secondary N) is 1. The fourth-order valence-electron chi connectivity index (χ4n) is 1.61. The predicted octanol–water partition coefficient (Wildman–Crippen LogP) is 1.06. The molecule has 1 rings (SSSR count). The van der Waals surface area contributed by atoms with Gasteiger partial charge >= 0.3 is 0 Å². The number of benzene rings is 1. The summed E-state index contributed by atoms with van der Waals surface area (Å²) in [5.74, 6) is 0.614. The number of hydrogen-bond donors (Lipinski definition) is 1. The molecule has 0 unspecified atom stereocenters. The highest BCUT2D eigenvalue weighted by molar-refractivity contribution is 5.85. The second-order valence-corrected chi connectivity index (χ2v) is 4.54. The van der Waals surface area contributed by atoms with Gasteiger partial charge in [-0.25, -0.2) is 0 Å². The fourth-order valence-corrected chi connectivity index (χ4v) is 1.61. The van der Waals surface area contributed by atoms with E-state index in [1.807, 2.05) is 13.0 Å². The minimum atomic E-state index is -0.271. The van der Waals surface area contributed by atoms with Gasteiger partial charge in [0.05, 0.1) is 13.7 Å². The lowest BCUT2D eigenvalue weighted by Crippen LogP contribution is -2.40. The van der Waals surface area contributed by atoms with Crippen molar-refractivity contribution in [3.8, 4) is 11.5 Å². The Kier molecular flexibility index (Phi) is 7.08. The molecule has 0 aliphatic rings. The first-order valence-electron chi connectivity index (χ1n) is 6.85. The van der Waals surface area contributed by atoms with E-state index in [1.165, 1.54) is 12.0 Å². The Morgan fingerprint density at radius 2 is 1.90 bits per heavy atom. The summed E-state index contributed by atoms with van der Waals surface area (Å²) < 4.78 is 10.6. The number of para-hydroxylation sites is 2. The van der Waals surface area contributed by atoms with Crippen LogP contribution in [-0.2, 0) is 9.59 Å². The normalized spacial score (nSPS) is 9.86. The largest absolute Gasteiger partial charge is 0.493 e. The van der Waals surface area contributed by atoms with E-state index in [-0.39, 0.29) is 25.0 Å². The Morgan fingerprint density at radius 1 is 1.24 bits per heavy atom. The number of likely N-dealkylation sites (N-methyl/N-ethyl adjacent to an activating group) is 1. The molecule has 0 spiro atoms. The molecular weight excluding hydrogens is 272 g/mol. The number of methoxy groups -OCH3 is 1. The Hall–Kier alpha value is -2.24. The number of nitrogens with zero attached hydrogens (tertiary/aromatic N) is 1. The van der Waals surface area contributed by atoms with Gasteiger partial charge in [0.15, 0.2) is 18.1 Å². The van der Waals surface area contributed by atoms with Crippen LogP contribution in [0.2, 0.25) is 0 Å². The molecule has 0 bridgehead atoms. The lowest BCUT2D eigenvalue weighted by molar-refractivity contribution is -0.136. The van der Waals surface area contributed by atoms with Gasteiger partial charge in [0.1, 0.15) is 0 Å². The number of carbonyl (C=O) groups excluding carboxylic acids is 2. The third-order valence-electron chi connectivity index (χ3n) is 2.80. The van der Waals surface area contributed by atoms with Gasteiger partial charge < -0.3 is 19.7 Å². The van der Waals surface area contributed by atoms with Gasteiger partial charge in [-0.1, -0.05) is 19.1 Å². The van der Waals surface area contributed by atoms with E-state index in [0.29, 0.717) is 18.0 Å². The van der Waals surface area contributed by atoms with Crippen LogP contribution in [0, 0.1) is 0 Å². The Labute approximate surface area is 125 Å². The summed E-state index contributed by atoms with van der Waals surface area (Å²) in [6.07, 6.45) is 0.861. The molecule has 116 valence electrons. The maximum absolute atomic E-state index is 11.9. The van der Waals surface area contributed by atoms with Crippen LogP contribution in [0.25, 0.3) is 0 Å². The number of rotatable bonds is 8. The monoisotopic (exact) mass is 294 g/mol. The molecule has 0 saturated heterocycles. The van der Waals surface area contributed by atoms with Crippen LogP contribution in [0.1, 0.15) is 13.3 Å². The Bertz CT molecular complexity index is 476. The fraction of sp³-hybridized carbons (Fsp3) is 0.467. The van der Waals surface area contributed by atoms with E-state index in [0.717, 1.165) is 6.42 Å². The van der Waals surface area contributed by atoms with E-state index in [4.69, 9.17) is 9.47 Å². The molecule has 0 aromatic heterocycles. The first-order chi connectivity index (χ1) is 10.1. The average Bonchev–Trinajstić information content (AvgIpc) is 2.50. The molecule has 6 heteroatoms. The first-order valence-corrected chi connectivity index (χ1v) is 6.85. The van der Waals surface area contributed by atoms with Crippen molar-refractivity contribution in [2.24, 2.45) is 0 Å². The third kappa shape index (κ3) is 5.72. The van der Waals surface area contributed by atoms with Crippen LogP contribution < -0.4 is 14.8 Å². The van der Waals surface area contributed by atoms with Gasteiger partial charge in [-0.3, -0.25) is 9.59 Å². The highest BCUT2D eigenvalue weighted by atomic mass is 16.5. The van der Waals surface area contributed by atoms with Crippen LogP contribution in [0.3, 0.4) is 0 Å². The highest BCUT2D eigenvalue weighted by Crippen LogP contribution is 2.25. The molecular formula is C15H22N2O4. The molecule has 0 heterocycles. The standard InChI is InChI=1S/C15H22N2O4/c1-4-9-16-14(18)10-17(2)15(19)11-21-13-8-6-5-7-12(13)20-3/h5-8H,4,9-11H2,1-3H3,(H,16,18). The van der Waals surface area contributed by atoms with Gasteiger partial charge in [-0.15, -0.1) is 0 Å². The van der Waals surface area contributed by atoms with Gasteiger partial charge in [0.2, 0.25) is 5.91 Å². The summed E-state index contributed by atoms with van der Waals surface area (Å²) in [4.78, 5) is 24.8. The second-order valence-electron chi connectivity index (χ2n) is 4.54. The highest BCUT2D eigenvalue weighted by Gasteiger charge is 2.14. The summed E-state index contributed by atoms with van der Waals surface area (Å²) in [6.45, 7) is 2.46. The summed E-state index contributed by atoms with van der Waals surface area (Å²) >= 11 is 0. The van der Waals surface area contributed by atoms with E-state index < -0.39 is 0 Å². The van der Waals surface area contributed by atoms with Crippen molar-refractivity contribution in [2.75, 3.05) is 33.9 Å². The lowest BCUT2D eigenvalue weighted by atomic mass is 10.3. The lowest BCUT2D eigenvalue weighted by Gasteiger charge is -2.17. The molecule has 21 heavy (non-hydrogen) atoms. The molecule has 0 fully saturated rings. The minimum absolute atomic E-state index is 0.0219. The van der Waals surface area contributed by atoms with Crippen LogP contribution in [0.15, 0.2) is 24.3 Å². The molecule has 0 saturated carbocycles. The number of ether oxygens (including phenoxy) is 2. The van der Waals surface area contributed by atoms with E-state index in [1.54, 1.807) is 25.2 Å². The molecule has 0 atom stereocenters. The summed E-state index contributed by atoms with van der Waals surface area (Å²) in [5.41, 5.74) is 0. The molecule has 1 aromatic rings. The van der Waals surface area contributed by atoms with Crippen LogP contribution in [0.5, 0.6) is 11.5 Å². The zero-order valence-corrected chi connectivity index (χ0v) is 12.7. The van der Waals surface area contributed by atoms with Crippen molar-refractivity contribution >= 4 is 11.8 Å². The summed E-state index contributed by atoms with van der Waals surface area (Å²) in [6, 6.07) is 7.09. The third-order valence-corrected chi connectivity index (χ3v) is 2.80.